The third kappa shape index (κ3) is 4.06. The standard InChI is InChI=1S/C20H21NO4/c22-19(11-6-12-25-14-15-7-2-1-3-8-15)21-13-17(20(23)24)16-9-4-5-10-18(16)21/h1-5,7-10,17H,6,11-14H2,(H,23,24). The summed E-state index contributed by atoms with van der Waals surface area (Å²) >= 11 is 0. The predicted molar refractivity (Wildman–Crippen MR) is 94.5 cm³/mol. The highest BCUT2D eigenvalue weighted by molar-refractivity contribution is 5.98. The first-order valence-electron chi connectivity index (χ1n) is 8.40. The molecule has 1 atom stereocenters. The Bertz CT molecular complexity index is 744. The smallest absolute Gasteiger partial charge is 0.312 e. The predicted octanol–water partition coefficient (Wildman–Crippen LogP) is 3.20. The molecule has 0 radical (unpaired) electrons. The number of ether oxygens (including phenoxy) is 1. The Labute approximate surface area is 146 Å². The number of anilines is 1. The summed E-state index contributed by atoms with van der Waals surface area (Å²) in [6.45, 7) is 1.24. The SMILES string of the molecule is O=C(O)C1CN(C(=O)CCCOCc2ccccc2)c2ccccc21. The number of carboxylic acids is 1. The Morgan fingerprint density at radius 2 is 1.80 bits per heavy atom. The summed E-state index contributed by atoms with van der Waals surface area (Å²) in [5, 5.41) is 9.36. The van der Waals surface area contributed by atoms with Gasteiger partial charge in [-0.05, 0) is 23.6 Å². The van der Waals surface area contributed by atoms with Gasteiger partial charge in [-0.25, -0.2) is 0 Å². The highest BCUT2D eigenvalue weighted by atomic mass is 16.5. The van der Waals surface area contributed by atoms with Gasteiger partial charge < -0.3 is 14.7 Å². The van der Waals surface area contributed by atoms with E-state index in [-0.39, 0.29) is 12.5 Å². The number of carboxylic acid groups (broad SMARTS) is 1. The van der Waals surface area contributed by atoms with Crippen LogP contribution < -0.4 is 4.90 Å². The van der Waals surface area contributed by atoms with Gasteiger partial charge in [0.1, 0.15) is 5.92 Å². The maximum Gasteiger partial charge on any atom is 0.312 e. The Hall–Kier alpha value is -2.66. The number of benzene rings is 2. The maximum absolute atomic E-state index is 12.5. The van der Waals surface area contributed by atoms with Crippen LogP contribution in [0.4, 0.5) is 5.69 Å². The first-order valence-corrected chi connectivity index (χ1v) is 8.40. The number of carbonyl (C=O) groups is 2. The van der Waals surface area contributed by atoms with E-state index in [0.29, 0.717) is 37.3 Å². The van der Waals surface area contributed by atoms with Crippen molar-refractivity contribution in [3.05, 3.63) is 65.7 Å². The number of hydrogen-bond acceptors (Lipinski definition) is 3. The second-order valence-electron chi connectivity index (χ2n) is 6.10. The van der Waals surface area contributed by atoms with Gasteiger partial charge in [0.25, 0.3) is 0 Å². The van der Waals surface area contributed by atoms with E-state index in [1.54, 1.807) is 17.0 Å². The lowest BCUT2D eigenvalue weighted by Gasteiger charge is -2.17. The molecule has 0 bridgehead atoms. The zero-order chi connectivity index (χ0) is 17.6. The molecule has 130 valence electrons. The summed E-state index contributed by atoms with van der Waals surface area (Å²) in [5.74, 6) is -1.59. The van der Waals surface area contributed by atoms with Crippen molar-refractivity contribution in [1.29, 1.82) is 0 Å². The number of amides is 1. The first-order chi connectivity index (χ1) is 12.2. The summed E-state index contributed by atoms with van der Waals surface area (Å²) in [5.41, 5.74) is 2.53. The fourth-order valence-electron chi connectivity index (χ4n) is 3.08. The topological polar surface area (TPSA) is 66.8 Å². The van der Waals surface area contributed by atoms with Gasteiger partial charge in [-0.15, -0.1) is 0 Å². The molecule has 0 saturated heterocycles. The average molecular weight is 339 g/mol. The van der Waals surface area contributed by atoms with Gasteiger partial charge in [-0.3, -0.25) is 9.59 Å². The van der Waals surface area contributed by atoms with Crippen molar-refractivity contribution < 1.29 is 19.4 Å². The highest BCUT2D eigenvalue weighted by Gasteiger charge is 2.35. The molecule has 1 amide bonds. The second kappa shape index (κ2) is 7.94. The normalized spacial score (nSPS) is 15.8. The van der Waals surface area contributed by atoms with Crippen LogP contribution in [0.5, 0.6) is 0 Å². The van der Waals surface area contributed by atoms with E-state index in [2.05, 4.69) is 0 Å². The zero-order valence-electron chi connectivity index (χ0n) is 13.9. The lowest BCUT2D eigenvalue weighted by atomic mass is 10.0. The number of nitrogens with zero attached hydrogens (tertiary/aromatic N) is 1. The number of rotatable bonds is 7. The lowest BCUT2D eigenvalue weighted by molar-refractivity contribution is -0.138. The van der Waals surface area contributed by atoms with Crippen LogP contribution in [0, 0.1) is 0 Å². The Balaban J connectivity index is 1.49. The Morgan fingerprint density at radius 1 is 1.08 bits per heavy atom. The molecule has 0 fully saturated rings. The quantitative estimate of drug-likeness (QED) is 0.787. The molecule has 2 aromatic rings. The van der Waals surface area contributed by atoms with Gasteiger partial charge in [0.05, 0.1) is 6.61 Å². The maximum atomic E-state index is 12.5. The molecule has 1 heterocycles. The molecule has 1 unspecified atom stereocenters. The number of para-hydroxylation sites is 1. The molecule has 1 N–H and O–H groups in total. The average Bonchev–Trinajstić information content (AvgIpc) is 3.02. The van der Waals surface area contributed by atoms with Gasteiger partial charge in [0, 0.05) is 25.3 Å². The molecule has 0 aromatic heterocycles. The molecular weight excluding hydrogens is 318 g/mol. The molecule has 0 spiro atoms. The van der Waals surface area contributed by atoms with Crippen molar-refractivity contribution in [1.82, 2.24) is 0 Å². The third-order valence-electron chi connectivity index (χ3n) is 4.36. The molecule has 5 heteroatoms. The molecule has 2 aromatic carbocycles. The number of aliphatic carboxylic acids is 1. The van der Waals surface area contributed by atoms with Gasteiger partial charge in [-0.1, -0.05) is 48.5 Å². The largest absolute Gasteiger partial charge is 0.481 e. The van der Waals surface area contributed by atoms with E-state index >= 15 is 0 Å². The van der Waals surface area contributed by atoms with Crippen molar-refractivity contribution >= 4 is 17.6 Å². The minimum absolute atomic E-state index is 0.0560. The van der Waals surface area contributed by atoms with Gasteiger partial charge >= 0.3 is 5.97 Å². The summed E-state index contributed by atoms with van der Waals surface area (Å²) in [4.78, 5) is 25.5. The third-order valence-corrected chi connectivity index (χ3v) is 4.36. The van der Waals surface area contributed by atoms with Crippen LogP contribution in [-0.2, 0) is 20.9 Å². The van der Waals surface area contributed by atoms with E-state index in [4.69, 9.17) is 4.74 Å². The Kier molecular flexibility index (Phi) is 5.46. The van der Waals surface area contributed by atoms with Gasteiger partial charge in [0.2, 0.25) is 5.91 Å². The van der Waals surface area contributed by atoms with Crippen molar-refractivity contribution in [2.45, 2.75) is 25.4 Å². The van der Waals surface area contributed by atoms with Crippen LogP contribution >= 0.6 is 0 Å². The first kappa shape index (κ1) is 17.2. The monoisotopic (exact) mass is 339 g/mol. The summed E-state index contributed by atoms with van der Waals surface area (Å²) in [6, 6.07) is 17.1. The molecule has 3 rings (SSSR count). The molecule has 25 heavy (non-hydrogen) atoms. The van der Waals surface area contributed by atoms with Crippen LogP contribution in [0.25, 0.3) is 0 Å². The van der Waals surface area contributed by atoms with E-state index in [1.165, 1.54) is 0 Å². The zero-order valence-corrected chi connectivity index (χ0v) is 13.9. The van der Waals surface area contributed by atoms with Crippen LogP contribution in [0.2, 0.25) is 0 Å². The molecule has 0 aliphatic carbocycles. The Morgan fingerprint density at radius 3 is 2.56 bits per heavy atom. The second-order valence-corrected chi connectivity index (χ2v) is 6.10. The van der Waals surface area contributed by atoms with Gasteiger partial charge in [0.15, 0.2) is 0 Å². The van der Waals surface area contributed by atoms with Crippen molar-refractivity contribution in [3.63, 3.8) is 0 Å². The fraction of sp³-hybridized carbons (Fsp3) is 0.300. The van der Waals surface area contributed by atoms with E-state index < -0.39 is 11.9 Å². The van der Waals surface area contributed by atoms with E-state index in [9.17, 15) is 14.7 Å². The van der Waals surface area contributed by atoms with Crippen LogP contribution in [0.1, 0.15) is 29.9 Å². The molecule has 0 saturated carbocycles. The summed E-state index contributed by atoms with van der Waals surface area (Å²) in [6.07, 6.45) is 0.956. The number of hydrogen-bond donors (Lipinski definition) is 1. The van der Waals surface area contributed by atoms with E-state index in [0.717, 1.165) is 5.56 Å². The van der Waals surface area contributed by atoms with Gasteiger partial charge in [-0.2, -0.15) is 0 Å². The lowest BCUT2D eigenvalue weighted by Crippen LogP contribution is -2.31. The van der Waals surface area contributed by atoms with Crippen molar-refractivity contribution in [3.8, 4) is 0 Å². The minimum atomic E-state index is -0.894. The highest BCUT2D eigenvalue weighted by Crippen LogP contribution is 2.36. The van der Waals surface area contributed by atoms with Crippen LogP contribution in [-0.4, -0.2) is 30.1 Å². The molecule has 1 aliphatic heterocycles. The summed E-state index contributed by atoms with van der Waals surface area (Å²) in [7, 11) is 0. The number of fused-ring (bicyclic) bond motifs is 1. The van der Waals surface area contributed by atoms with Crippen LogP contribution in [0.15, 0.2) is 54.6 Å². The number of carbonyl (C=O) groups excluding carboxylic acids is 1. The minimum Gasteiger partial charge on any atom is -0.481 e. The molecule has 5 nitrogen and oxygen atoms in total. The van der Waals surface area contributed by atoms with E-state index in [1.807, 2.05) is 42.5 Å². The van der Waals surface area contributed by atoms with Crippen LogP contribution in [0.3, 0.4) is 0 Å². The van der Waals surface area contributed by atoms with Crippen molar-refractivity contribution in [2.75, 3.05) is 18.1 Å². The summed E-state index contributed by atoms with van der Waals surface area (Å²) < 4.78 is 5.60. The molecule has 1 aliphatic rings. The fourth-order valence-corrected chi connectivity index (χ4v) is 3.08. The molecular formula is C20H21NO4. The van der Waals surface area contributed by atoms with Crippen molar-refractivity contribution in [2.24, 2.45) is 0 Å².